The van der Waals surface area contributed by atoms with E-state index in [1.54, 1.807) is 36.4 Å². The summed E-state index contributed by atoms with van der Waals surface area (Å²) < 4.78 is 25.5. The smallest absolute Gasteiger partial charge is 0.258 e. The van der Waals surface area contributed by atoms with Crippen LogP contribution in [0.25, 0.3) is 0 Å². The number of hydrogen-bond acceptors (Lipinski definition) is 4. The van der Waals surface area contributed by atoms with Gasteiger partial charge in [0, 0.05) is 17.6 Å². The van der Waals surface area contributed by atoms with Crippen LogP contribution in [0.5, 0.6) is 17.2 Å². The number of nitrogens with one attached hydrogen (secondary N) is 2. The Labute approximate surface area is 183 Å². The molecule has 8 heteroatoms. The van der Waals surface area contributed by atoms with E-state index >= 15 is 0 Å². The van der Waals surface area contributed by atoms with Crippen molar-refractivity contribution in [3.63, 3.8) is 0 Å². The van der Waals surface area contributed by atoms with E-state index in [1.165, 1.54) is 25.1 Å². The average molecular weight is 443 g/mol. The third kappa shape index (κ3) is 5.96. The van der Waals surface area contributed by atoms with E-state index in [-0.39, 0.29) is 17.2 Å². The van der Waals surface area contributed by atoms with Crippen molar-refractivity contribution in [2.75, 3.05) is 17.2 Å². The molecule has 2 amide bonds. The zero-order valence-corrected chi connectivity index (χ0v) is 17.6. The fourth-order valence-corrected chi connectivity index (χ4v) is 2.93. The van der Waals surface area contributed by atoms with Gasteiger partial charge < -0.3 is 20.1 Å². The summed E-state index contributed by atoms with van der Waals surface area (Å²) in [6.45, 7) is 3.76. The van der Waals surface area contributed by atoms with Crippen molar-refractivity contribution in [1.82, 2.24) is 0 Å². The Morgan fingerprint density at radius 2 is 1.68 bits per heavy atom. The van der Waals surface area contributed by atoms with E-state index in [0.29, 0.717) is 34.6 Å². The minimum atomic E-state index is -0.734. The van der Waals surface area contributed by atoms with Crippen LogP contribution in [0.1, 0.15) is 24.2 Å². The first-order valence-corrected chi connectivity index (χ1v) is 9.82. The lowest BCUT2D eigenvalue weighted by atomic mass is 10.1. The Kier molecular flexibility index (Phi) is 7.10. The quantitative estimate of drug-likeness (QED) is 0.479. The molecule has 160 valence electrons. The molecule has 0 aliphatic carbocycles. The predicted octanol–water partition coefficient (Wildman–Crippen LogP) is 5.88. The fourth-order valence-electron chi connectivity index (χ4n) is 2.76. The van der Waals surface area contributed by atoms with Gasteiger partial charge in [-0.1, -0.05) is 11.6 Å². The summed E-state index contributed by atoms with van der Waals surface area (Å²) in [5.41, 5.74) is 0.324. The van der Waals surface area contributed by atoms with Crippen molar-refractivity contribution in [1.29, 1.82) is 0 Å². The second-order valence-electron chi connectivity index (χ2n) is 6.48. The molecule has 6 nitrogen and oxygen atoms in total. The first kappa shape index (κ1) is 22.1. The molecule has 31 heavy (non-hydrogen) atoms. The topological polar surface area (TPSA) is 76.7 Å². The molecule has 2 N–H and O–H groups in total. The van der Waals surface area contributed by atoms with Crippen LogP contribution in [0.4, 0.5) is 15.8 Å². The normalized spacial score (nSPS) is 10.3. The maximum Gasteiger partial charge on any atom is 0.258 e. The number of ether oxygens (including phenoxy) is 2. The number of carbonyl (C=O) groups excluding carboxylic acids is 2. The van der Waals surface area contributed by atoms with Gasteiger partial charge in [0.25, 0.3) is 5.91 Å². The Bertz CT molecular complexity index is 1100. The lowest BCUT2D eigenvalue weighted by Crippen LogP contribution is -2.15. The molecule has 0 saturated carbocycles. The van der Waals surface area contributed by atoms with Crippen LogP contribution >= 0.6 is 11.6 Å². The van der Waals surface area contributed by atoms with E-state index in [9.17, 15) is 14.0 Å². The highest BCUT2D eigenvalue weighted by Crippen LogP contribution is 2.33. The standard InChI is InChI=1S/C23H20ClFN2O4/c1-3-30-17-6-8-18(9-7-17)31-22-11-4-15(24)12-21(22)27-23(29)19-13-16(26-14(2)28)5-10-20(19)25/h4-13H,3H2,1-2H3,(H,26,28)(H,27,29). The molecule has 3 rings (SSSR count). The molecule has 0 radical (unpaired) electrons. The van der Waals surface area contributed by atoms with E-state index in [1.807, 2.05) is 6.92 Å². The monoisotopic (exact) mass is 442 g/mol. The van der Waals surface area contributed by atoms with Crippen LogP contribution in [-0.4, -0.2) is 18.4 Å². The molecule has 0 fully saturated rings. The molecule has 0 atom stereocenters. The highest BCUT2D eigenvalue weighted by molar-refractivity contribution is 6.31. The summed E-state index contributed by atoms with van der Waals surface area (Å²) in [5, 5.41) is 5.49. The summed E-state index contributed by atoms with van der Waals surface area (Å²) in [6, 6.07) is 15.4. The Balaban J connectivity index is 1.84. The summed E-state index contributed by atoms with van der Waals surface area (Å²) in [5.74, 6) is -0.251. The number of amides is 2. The van der Waals surface area contributed by atoms with Gasteiger partial charge in [0.2, 0.25) is 5.91 Å². The third-order valence-electron chi connectivity index (χ3n) is 4.08. The van der Waals surface area contributed by atoms with Crippen molar-refractivity contribution in [3.8, 4) is 17.2 Å². The number of halogens is 2. The summed E-state index contributed by atoms with van der Waals surface area (Å²) >= 11 is 6.07. The van der Waals surface area contributed by atoms with E-state index in [2.05, 4.69) is 10.6 Å². The number of benzene rings is 3. The minimum Gasteiger partial charge on any atom is -0.494 e. The van der Waals surface area contributed by atoms with Gasteiger partial charge in [0.05, 0.1) is 17.9 Å². The van der Waals surface area contributed by atoms with Crippen molar-refractivity contribution in [2.45, 2.75) is 13.8 Å². The molecule has 0 aliphatic rings. The number of hydrogen-bond donors (Lipinski definition) is 2. The van der Waals surface area contributed by atoms with Gasteiger partial charge in [0.15, 0.2) is 5.75 Å². The van der Waals surface area contributed by atoms with Crippen LogP contribution in [-0.2, 0) is 4.79 Å². The maximum atomic E-state index is 14.2. The molecule has 0 unspecified atom stereocenters. The van der Waals surface area contributed by atoms with Crippen LogP contribution in [0.15, 0.2) is 60.7 Å². The van der Waals surface area contributed by atoms with Gasteiger partial charge in [0.1, 0.15) is 17.3 Å². The predicted molar refractivity (Wildman–Crippen MR) is 118 cm³/mol. The highest BCUT2D eigenvalue weighted by atomic mass is 35.5. The molecular weight excluding hydrogens is 423 g/mol. The first-order valence-electron chi connectivity index (χ1n) is 9.44. The van der Waals surface area contributed by atoms with Gasteiger partial charge in [-0.05, 0) is 67.6 Å². The van der Waals surface area contributed by atoms with Crippen LogP contribution in [0.3, 0.4) is 0 Å². The number of rotatable bonds is 7. The molecular formula is C23H20ClFN2O4. The highest BCUT2D eigenvalue weighted by Gasteiger charge is 2.16. The largest absolute Gasteiger partial charge is 0.494 e. The molecule has 0 aliphatic heterocycles. The Hall–Kier alpha value is -3.58. The zero-order valence-electron chi connectivity index (χ0n) is 16.9. The van der Waals surface area contributed by atoms with Gasteiger partial charge >= 0.3 is 0 Å². The molecule has 0 heterocycles. The van der Waals surface area contributed by atoms with Crippen LogP contribution in [0.2, 0.25) is 5.02 Å². The van der Waals surface area contributed by atoms with Crippen LogP contribution in [0, 0.1) is 5.82 Å². The summed E-state index contributed by atoms with van der Waals surface area (Å²) in [7, 11) is 0. The number of anilines is 2. The number of carbonyl (C=O) groups is 2. The van der Waals surface area contributed by atoms with E-state index in [0.717, 1.165) is 6.07 Å². The van der Waals surface area contributed by atoms with E-state index < -0.39 is 11.7 Å². The second-order valence-corrected chi connectivity index (χ2v) is 6.91. The zero-order chi connectivity index (χ0) is 22.4. The molecule has 0 bridgehead atoms. The lowest BCUT2D eigenvalue weighted by Gasteiger charge is -2.14. The molecule has 3 aromatic rings. The Morgan fingerprint density at radius 1 is 0.968 bits per heavy atom. The van der Waals surface area contributed by atoms with Gasteiger partial charge in [-0.25, -0.2) is 4.39 Å². The molecule has 0 spiro atoms. The molecule has 0 aromatic heterocycles. The van der Waals surface area contributed by atoms with Crippen molar-refractivity contribution < 1.29 is 23.5 Å². The van der Waals surface area contributed by atoms with Gasteiger partial charge in [-0.2, -0.15) is 0 Å². The molecule has 0 saturated heterocycles. The average Bonchev–Trinajstić information content (AvgIpc) is 2.72. The SMILES string of the molecule is CCOc1ccc(Oc2ccc(Cl)cc2NC(=O)c2cc(NC(C)=O)ccc2F)cc1. The first-order chi connectivity index (χ1) is 14.9. The second kappa shape index (κ2) is 9.95. The maximum absolute atomic E-state index is 14.2. The minimum absolute atomic E-state index is 0.238. The fraction of sp³-hybridized carbons (Fsp3) is 0.130. The lowest BCUT2D eigenvalue weighted by molar-refractivity contribution is -0.114. The summed E-state index contributed by atoms with van der Waals surface area (Å²) in [4.78, 5) is 24.0. The van der Waals surface area contributed by atoms with Crippen molar-refractivity contribution in [2.24, 2.45) is 0 Å². The third-order valence-corrected chi connectivity index (χ3v) is 4.32. The summed E-state index contributed by atoms with van der Waals surface area (Å²) in [6.07, 6.45) is 0. The van der Waals surface area contributed by atoms with Gasteiger partial charge in [-0.15, -0.1) is 0 Å². The molecule has 3 aromatic carbocycles. The van der Waals surface area contributed by atoms with Gasteiger partial charge in [-0.3, -0.25) is 9.59 Å². The van der Waals surface area contributed by atoms with Crippen molar-refractivity contribution in [3.05, 3.63) is 77.1 Å². The van der Waals surface area contributed by atoms with Crippen LogP contribution < -0.4 is 20.1 Å². The van der Waals surface area contributed by atoms with Crippen molar-refractivity contribution >= 4 is 34.8 Å². The Morgan fingerprint density at radius 3 is 2.35 bits per heavy atom. The van der Waals surface area contributed by atoms with E-state index in [4.69, 9.17) is 21.1 Å².